The van der Waals surface area contributed by atoms with E-state index in [1.165, 1.54) is 0 Å². The summed E-state index contributed by atoms with van der Waals surface area (Å²) in [5, 5.41) is 10.8. The van der Waals surface area contributed by atoms with Crippen molar-refractivity contribution in [1.82, 2.24) is 4.90 Å². The maximum Gasteiger partial charge on any atom is 0.120 e. The Balaban J connectivity index is 0.00000220. The third-order valence-corrected chi connectivity index (χ3v) is 4.02. The summed E-state index contributed by atoms with van der Waals surface area (Å²) in [5.74, 6) is 0.755. The van der Waals surface area contributed by atoms with Crippen LogP contribution in [0.15, 0.2) is 12.1 Å². The lowest BCUT2D eigenvalue weighted by molar-refractivity contribution is 0.00464. The van der Waals surface area contributed by atoms with E-state index < -0.39 is 6.10 Å². The number of benzene rings is 1. The molecule has 1 aliphatic rings. The van der Waals surface area contributed by atoms with E-state index in [1.807, 2.05) is 26.0 Å². The number of aliphatic hydroxyl groups excluding tert-OH is 1. The number of rotatable bonds is 5. The summed E-state index contributed by atoms with van der Waals surface area (Å²) < 4.78 is 10.9. The second kappa shape index (κ2) is 8.81. The number of ether oxygens (including phenoxy) is 2. The van der Waals surface area contributed by atoms with Gasteiger partial charge in [-0.3, -0.25) is 4.90 Å². The van der Waals surface area contributed by atoms with Crippen LogP contribution in [0.1, 0.15) is 11.1 Å². The van der Waals surface area contributed by atoms with E-state index in [0.29, 0.717) is 6.54 Å². The van der Waals surface area contributed by atoms with Gasteiger partial charge < -0.3 is 14.6 Å². The quantitative estimate of drug-likeness (QED) is 0.897. The van der Waals surface area contributed by atoms with Crippen molar-refractivity contribution < 1.29 is 14.6 Å². The first-order valence-corrected chi connectivity index (χ1v) is 7.32. The number of hydrogen-bond acceptors (Lipinski definition) is 4. The Morgan fingerprint density at radius 1 is 1.29 bits per heavy atom. The van der Waals surface area contributed by atoms with Gasteiger partial charge in [-0.05, 0) is 37.1 Å². The molecule has 1 heterocycles. The van der Waals surface area contributed by atoms with E-state index in [2.05, 4.69) is 4.90 Å². The van der Waals surface area contributed by atoms with E-state index in [-0.39, 0.29) is 19.0 Å². The highest BCUT2D eigenvalue weighted by Crippen LogP contribution is 2.25. The molecule has 21 heavy (non-hydrogen) atoms. The summed E-state index contributed by atoms with van der Waals surface area (Å²) in [6.07, 6.45) is -0.496. The van der Waals surface area contributed by atoms with Crippen molar-refractivity contribution in [3.8, 4) is 5.75 Å². The molecule has 0 spiro atoms. The highest BCUT2D eigenvalue weighted by molar-refractivity contribution is 6.32. The lowest BCUT2D eigenvalue weighted by atomic mass is 10.1. The summed E-state index contributed by atoms with van der Waals surface area (Å²) in [7, 11) is 0. The monoisotopic (exact) mass is 335 g/mol. The smallest absolute Gasteiger partial charge is 0.120 e. The van der Waals surface area contributed by atoms with Crippen LogP contribution in [-0.2, 0) is 4.74 Å². The molecule has 0 saturated carbocycles. The average molecular weight is 336 g/mol. The third kappa shape index (κ3) is 5.64. The van der Waals surface area contributed by atoms with Gasteiger partial charge in [0.25, 0.3) is 0 Å². The largest absolute Gasteiger partial charge is 0.491 e. The van der Waals surface area contributed by atoms with Crippen LogP contribution in [0.5, 0.6) is 5.75 Å². The minimum absolute atomic E-state index is 0. The second-order valence-corrected chi connectivity index (χ2v) is 5.63. The zero-order valence-electron chi connectivity index (χ0n) is 12.5. The van der Waals surface area contributed by atoms with Crippen LogP contribution in [0.3, 0.4) is 0 Å². The minimum Gasteiger partial charge on any atom is -0.491 e. The number of nitrogens with zero attached hydrogens (tertiary/aromatic N) is 1. The number of aryl methyl sites for hydroxylation is 2. The Morgan fingerprint density at radius 2 is 1.86 bits per heavy atom. The van der Waals surface area contributed by atoms with Gasteiger partial charge in [0.15, 0.2) is 0 Å². The Hall–Kier alpha value is -0.520. The number of β-amino-alcohol motifs (C(OH)–C–C–N with tert-alkyl or cyclic N) is 1. The van der Waals surface area contributed by atoms with Crippen LogP contribution >= 0.6 is 24.0 Å². The maximum absolute atomic E-state index is 10.0. The molecule has 1 atom stereocenters. The zero-order chi connectivity index (χ0) is 14.5. The standard InChI is InChI=1S/C15H22ClNO3.ClH/c1-11-7-14(8-12(2)15(11)16)20-10-13(18)9-17-3-5-19-6-4-17;/h7-8,13,18H,3-6,9-10H2,1-2H3;1H. The molecular formula is C15H23Cl2NO3. The third-order valence-electron chi connectivity index (χ3n) is 3.42. The average Bonchev–Trinajstić information content (AvgIpc) is 2.43. The van der Waals surface area contributed by atoms with E-state index in [0.717, 1.165) is 48.2 Å². The van der Waals surface area contributed by atoms with Crippen molar-refractivity contribution in [3.05, 3.63) is 28.3 Å². The summed E-state index contributed by atoms with van der Waals surface area (Å²) in [4.78, 5) is 2.19. The predicted octanol–water partition coefficient (Wildman–Crippen LogP) is 2.45. The lowest BCUT2D eigenvalue weighted by Crippen LogP contribution is -2.42. The van der Waals surface area contributed by atoms with Crippen molar-refractivity contribution >= 4 is 24.0 Å². The van der Waals surface area contributed by atoms with Crippen molar-refractivity contribution in [3.63, 3.8) is 0 Å². The predicted molar refractivity (Wildman–Crippen MR) is 86.9 cm³/mol. The highest BCUT2D eigenvalue weighted by atomic mass is 35.5. The maximum atomic E-state index is 10.0. The second-order valence-electron chi connectivity index (χ2n) is 5.25. The summed E-state index contributed by atoms with van der Waals surface area (Å²) >= 11 is 6.12. The van der Waals surface area contributed by atoms with Crippen LogP contribution in [0.2, 0.25) is 5.02 Å². The molecule has 1 saturated heterocycles. The van der Waals surface area contributed by atoms with Crippen LogP contribution < -0.4 is 4.74 Å². The Morgan fingerprint density at radius 3 is 2.43 bits per heavy atom. The van der Waals surface area contributed by atoms with Crippen molar-refractivity contribution in [2.45, 2.75) is 20.0 Å². The van der Waals surface area contributed by atoms with E-state index >= 15 is 0 Å². The molecule has 0 bridgehead atoms. The van der Waals surface area contributed by atoms with E-state index in [4.69, 9.17) is 21.1 Å². The molecule has 6 heteroatoms. The van der Waals surface area contributed by atoms with Gasteiger partial charge in [-0.15, -0.1) is 12.4 Å². The minimum atomic E-state index is -0.496. The first-order chi connectivity index (χ1) is 9.56. The fourth-order valence-electron chi connectivity index (χ4n) is 2.32. The van der Waals surface area contributed by atoms with Gasteiger partial charge in [0, 0.05) is 24.7 Å². The van der Waals surface area contributed by atoms with Crippen molar-refractivity contribution in [1.29, 1.82) is 0 Å². The van der Waals surface area contributed by atoms with Crippen molar-refractivity contribution in [2.24, 2.45) is 0 Å². The molecule has 1 aromatic rings. The van der Waals surface area contributed by atoms with Gasteiger partial charge in [-0.2, -0.15) is 0 Å². The van der Waals surface area contributed by atoms with Gasteiger partial charge in [0.05, 0.1) is 13.2 Å². The molecule has 1 N–H and O–H groups in total. The fraction of sp³-hybridized carbons (Fsp3) is 0.600. The van der Waals surface area contributed by atoms with Crippen molar-refractivity contribution in [2.75, 3.05) is 39.5 Å². The molecule has 4 nitrogen and oxygen atoms in total. The van der Waals surface area contributed by atoms with Gasteiger partial charge in [0.2, 0.25) is 0 Å². The molecule has 0 amide bonds. The molecular weight excluding hydrogens is 313 g/mol. The molecule has 1 aliphatic heterocycles. The van der Waals surface area contributed by atoms with Crippen LogP contribution in [-0.4, -0.2) is 55.6 Å². The topological polar surface area (TPSA) is 41.9 Å². The SMILES string of the molecule is Cc1cc(OCC(O)CN2CCOCC2)cc(C)c1Cl.Cl. The fourth-order valence-corrected chi connectivity index (χ4v) is 2.43. The number of hydrogen-bond donors (Lipinski definition) is 1. The van der Waals surface area contributed by atoms with E-state index in [1.54, 1.807) is 0 Å². The normalized spacial score (nSPS) is 17.1. The first-order valence-electron chi connectivity index (χ1n) is 6.94. The summed E-state index contributed by atoms with van der Waals surface area (Å²) in [5.41, 5.74) is 1.98. The number of aliphatic hydroxyl groups is 1. The highest BCUT2D eigenvalue weighted by Gasteiger charge is 2.15. The Labute approximate surface area is 137 Å². The summed E-state index contributed by atoms with van der Waals surface area (Å²) in [6, 6.07) is 3.80. The molecule has 120 valence electrons. The number of morpholine rings is 1. The van der Waals surface area contributed by atoms with Gasteiger partial charge in [-0.1, -0.05) is 11.6 Å². The molecule has 1 aromatic carbocycles. The molecule has 0 radical (unpaired) electrons. The zero-order valence-corrected chi connectivity index (χ0v) is 14.0. The van der Waals surface area contributed by atoms with Crippen LogP contribution in [0, 0.1) is 13.8 Å². The molecule has 1 unspecified atom stereocenters. The number of halogens is 2. The van der Waals surface area contributed by atoms with Gasteiger partial charge in [-0.25, -0.2) is 0 Å². The first kappa shape index (κ1) is 18.5. The van der Waals surface area contributed by atoms with Gasteiger partial charge >= 0.3 is 0 Å². The molecule has 0 aromatic heterocycles. The molecule has 0 aliphatic carbocycles. The lowest BCUT2D eigenvalue weighted by Gasteiger charge is -2.28. The van der Waals surface area contributed by atoms with E-state index in [9.17, 15) is 5.11 Å². The van der Waals surface area contributed by atoms with Gasteiger partial charge in [0.1, 0.15) is 18.5 Å². The summed E-state index contributed by atoms with van der Waals surface area (Å²) in [6.45, 7) is 8.03. The molecule has 2 rings (SSSR count). The van der Waals surface area contributed by atoms with Crippen LogP contribution in [0.25, 0.3) is 0 Å². The van der Waals surface area contributed by atoms with Crippen LogP contribution in [0.4, 0.5) is 0 Å². The Bertz CT molecular complexity index is 428. The molecule has 1 fully saturated rings. The Kier molecular flexibility index (Phi) is 7.77.